The molecule has 2 heterocycles. The van der Waals surface area contributed by atoms with Crippen LogP contribution in [0.2, 0.25) is 0 Å². The van der Waals surface area contributed by atoms with Gasteiger partial charge in [0.2, 0.25) is 0 Å². The summed E-state index contributed by atoms with van der Waals surface area (Å²) in [6.07, 6.45) is 1.70. The number of benzene rings is 1. The number of hydrogen-bond donors (Lipinski definition) is 0. The number of fused-ring (bicyclic) bond motifs is 1. The maximum atomic E-state index is 12.7. The van der Waals surface area contributed by atoms with Crippen LogP contribution in [0.3, 0.4) is 0 Å². The molecule has 1 aromatic carbocycles. The summed E-state index contributed by atoms with van der Waals surface area (Å²) in [6, 6.07) is 11.6. The summed E-state index contributed by atoms with van der Waals surface area (Å²) in [5.41, 5.74) is 1.98. The van der Waals surface area contributed by atoms with Crippen LogP contribution in [0.5, 0.6) is 0 Å². The van der Waals surface area contributed by atoms with E-state index in [4.69, 9.17) is 0 Å². The van der Waals surface area contributed by atoms with E-state index >= 15 is 0 Å². The van der Waals surface area contributed by atoms with E-state index < -0.39 is 0 Å². The molecule has 0 aliphatic carbocycles. The second kappa shape index (κ2) is 5.85. The highest BCUT2D eigenvalue weighted by Gasteiger charge is 2.10. The van der Waals surface area contributed by atoms with Crippen molar-refractivity contribution in [2.45, 2.75) is 26.8 Å². The van der Waals surface area contributed by atoms with Gasteiger partial charge in [-0.15, -0.1) is 0 Å². The Morgan fingerprint density at radius 3 is 2.59 bits per heavy atom. The normalized spacial score (nSPS) is 12.3. The highest BCUT2D eigenvalue weighted by molar-refractivity contribution is 7.15. The van der Waals surface area contributed by atoms with Crippen molar-refractivity contribution in [1.29, 1.82) is 0 Å². The lowest BCUT2D eigenvalue weighted by atomic mass is 10.2. The van der Waals surface area contributed by atoms with Gasteiger partial charge in [0.1, 0.15) is 4.83 Å². The van der Waals surface area contributed by atoms with Crippen molar-refractivity contribution in [3.8, 4) is 0 Å². The molecule has 22 heavy (non-hydrogen) atoms. The highest BCUT2D eigenvalue weighted by atomic mass is 32.1. The first-order chi connectivity index (χ1) is 10.6. The maximum Gasteiger partial charge on any atom is 0.263 e. The molecule has 0 saturated heterocycles. The Morgan fingerprint density at radius 1 is 1.18 bits per heavy atom. The van der Waals surface area contributed by atoms with Gasteiger partial charge in [-0.1, -0.05) is 29.0 Å². The molecule has 2 aromatic heterocycles. The third-order valence-corrected chi connectivity index (χ3v) is 4.38. The summed E-state index contributed by atoms with van der Waals surface area (Å²) in [4.78, 5) is 23.1. The standard InChI is InChI=1S/C17H17N3OS/c1-11(2)20-16(21)14-5-4-10-18-15(14)22-17(20)19-13-8-6-12(3)7-9-13/h4-11H,1-3H3. The molecule has 0 aliphatic rings. The Bertz CT molecular complexity index is 937. The van der Waals surface area contributed by atoms with Crippen molar-refractivity contribution in [2.24, 2.45) is 4.99 Å². The van der Waals surface area contributed by atoms with Gasteiger partial charge >= 0.3 is 0 Å². The molecule has 0 aliphatic heterocycles. The van der Waals surface area contributed by atoms with E-state index in [9.17, 15) is 4.79 Å². The van der Waals surface area contributed by atoms with Gasteiger partial charge in [0.15, 0.2) is 4.80 Å². The van der Waals surface area contributed by atoms with Crippen LogP contribution in [0, 0.1) is 6.92 Å². The van der Waals surface area contributed by atoms with Gasteiger partial charge < -0.3 is 0 Å². The van der Waals surface area contributed by atoms with Crippen LogP contribution >= 0.6 is 11.3 Å². The number of aromatic nitrogens is 2. The molecule has 0 spiro atoms. The molecule has 0 bridgehead atoms. The van der Waals surface area contributed by atoms with E-state index in [0.717, 1.165) is 10.5 Å². The van der Waals surface area contributed by atoms with Gasteiger partial charge in [-0.05, 0) is 45.0 Å². The summed E-state index contributed by atoms with van der Waals surface area (Å²) in [7, 11) is 0. The van der Waals surface area contributed by atoms with Crippen molar-refractivity contribution in [3.05, 3.63) is 63.3 Å². The van der Waals surface area contributed by atoms with Crippen LogP contribution in [0.25, 0.3) is 10.2 Å². The lowest BCUT2D eigenvalue weighted by Gasteiger charge is -2.11. The average Bonchev–Trinajstić information content (AvgIpc) is 2.49. The topological polar surface area (TPSA) is 47.2 Å². The monoisotopic (exact) mass is 311 g/mol. The SMILES string of the molecule is Cc1ccc(N=c2sc3ncccc3c(=O)n2C(C)C)cc1. The molecular weight excluding hydrogens is 294 g/mol. The number of pyridine rings is 1. The third-order valence-electron chi connectivity index (χ3n) is 3.39. The molecule has 0 N–H and O–H groups in total. The average molecular weight is 311 g/mol. The molecule has 3 aromatic rings. The molecule has 0 fully saturated rings. The number of aryl methyl sites for hydroxylation is 1. The molecule has 0 saturated carbocycles. The van der Waals surface area contributed by atoms with E-state index in [0.29, 0.717) is 10.2 Å². The molecule has 0 radical (unpaired) electrons. The lowest BCUT2D eigenvalue weighted by Crippen LogP contribution is -2.33. The van der Waals surface area contributed by atoms with Crippen molar-refractivity contribution >= 4 is 27.2 Å². The molecular formula is C17H17N3OS. The van der Waals surface area contributed by atoms with E-state index in [-0.39, 0.29) is 11.6 Å². The second-order valence-corrected chi connectivity index (χ2v) is 6.41. The molecule has 0 amide bonds. The predicted molar refractivity (Wildman–Crippen MR) is 90.7 cm³/mol. The number of nitrogens with zero attached hydrogens (tertiary/aromatic N) is 3. The summed E-state index contributed by atoms with van der Waals surface area (Å²) >= 11 is 1.44. The van der Waals surface area contributed by atoms with Gasteiger partial charge in [0.25, 0.3) is 5.56 Å². The Labute approximate surface area is 132 Å². The van der Waals surface area contributed by atoms with Crippen molar-refractivity contribution in [2.75, 3.05) is 0 Å². The van der Waals surface area contributed by atoms with Crippen LogP contribution in [0.1, 0.15) is 25.5 Å². The number of hydrogen-bond acceptors (Lipinski definition) is 4. The minimum Gasteiger partial charge on any atom is -0.281 e. The fraction of sp³-hybridized carbons (Fsp3) is 0.235. The largest absolute Gasteiger partial charge is 0.281 e. The Morgan fingerprint density at radius 2 is 1.91 bits per heavy atom. The lowest BCUT2D eigenvalue weighted by molar-refractivity contribution is 0.566. The van der Waals surface area contributed by atoms with Gasteiger partial charge in [0.05, 0.1) is 11.1 Å². The summed E-state index contributed by atoms with van der Waals surface area (Å²) in [5, 5.41) is 0.643. The minimum absolute atomic E-state index is 0.0392. The minimum atomic E-state index is -0.0392. The van der Waals surface area contributed by atoms with Crippen molar-refractivity contribution < 1.29 is 0 Å². The summed E-state index contributed by atoms with van der Waals surface area (Å²) in [6.45, 7) is 6.02. The zero-order chi connectivity index (χ0) is 15.7. The first-order valence-corrected chi connectivity index (χ1v) is 7.99. The second-order valence-electron chi connectivity index (χ2n) is 5.46. The van der Waals surface area contributed by atoms with Crippen LogP contribution in [0.15, 0.2) is 52.4 Å². The maximum absolute atomic E-state index is 12.7. The Balaban J connectivity index is 2.34. The van der Waals surface area contributed by atoms with Crippen molar-refractivity contribution in [3.63, 3.8) is 0 Å². The zero-order valence-electron chi connectivity index (χ0n) is 12.8. The van der Waals surface area contributed by atoms with Gasteiger partial charge in [0, 0.05) is 12.2 Å². The first kappa shape index (κ1) is 14.7. The fourth-order valence-electron chi connectivity index (χ4n) is 2.25. The zero-order valence-corrected chi connectivity index (χ0v) is 13.6. The number of rotatable bonds is 2. The molecule has 112 valence electrons. The van der Waals surface area contributed by atoms with Crippen LogP contribution < -0.4 is 10.4 Å². The summed E-state index contributed by atoms with van der Waals surface area (Å²) in [5.74, 6) is 0. The van der Waals surface area contributed by atoms with Crippen molar-refractivity contribution in [1.82, 2.24) is 9.55 Å². The fourth-order valence-corrected chi connectivity index (χ4v) is 3.34. The summed E-state index contributed by atoms with van der Waals surface area (Å²) < 4.78 is 1.73. The van der Waals surface area contributed by atoms with Crippen LogP contribution in [-0.2, 0) is 0 Å². The van der Waals surface area contributed by atoms with Gasteiger partial charge in [-0.25, -0.2) is 9.98 Å². The van der Waals surface area contributed by atoms with E-state index in [2.05, 4.69) is 9.98 Å². The van der Waals surface area contributed by atoms with Gasteiger partial charge in [-0.3, -0.25) is 9.36 Å². The Kier molecular flexibility index (Phi) is 3.90. The van der Waals surface area contributed by atoms with Gasteiger partial charge in [-0.2, -0.15) is 0 Å². The van der Waals surface area contributed by atoms with Crippen LogP contribution in [0.4, 0.5) is 5.69 Å². The molecule has 4 nitrogen and oxygen atoms in total. The van der Waals surface area contributed by atoms with E-state index in [1.807, 2.05) is 51.1 Å². The van der Waals surface area contributed by atoms with Crippen LogP contribution in [-0.4, -0.2) is 9.55 Å². The molecule has 0 unspecified atom stereocenters. The molecule has 3 rings (SSSR count). The third kappa shape index (κ3) is 2.72. The Hall–Kier alpha value is -2.27. The van der Waals surface area contributed by atoms with E-state index in [1.54, 1.807) is 16.8 Å². The smallest absolute Gasteiger partial charge is 0.263 e. The first-order valence-electron chi connectivity index (χ1n) is 7.18. The van der Waals surface area contributed by atoms with E-state index in [1.165, 1.54) is 16.9 Å². The molecule has 5 heteroatoms. The highest BCUT2D eigenvalue weighted by Crippen LogP contribution is 2.14. The quantitative estimate of drug-likeness (QED) is 0.726. The predicted octanol–water partition coefficient (Wildman–Crippen LogP) is 3.58. The molecule has 0 atom stereocenters.